The molecule has 0 aliphatic carbocycles. The minimum Gasteiger partial charge on any atom is -0.496 e. The summed E-state index contributed by atoms with van der Waals surface area (Å²) in [5, 5.41) is 3.92. The van der Waals surface area contributed by atoms with Crippen LogP contribution in [0, 0.1) is 13.8 Å². The summed E-state index contributed by atoms with van der Waals surface area (Å²) >= 11 is 3.36. The second-order valence-electron chi connectivity index (χ2n) is 6.19. The fraction of sp³-hybridized carbons (Fsp3) is 0.263. The van der Waals surface area contributed by atoms with Crippen LogP contribution in [-0.4, -0.2) is 40.4 Å². The van der Waals surface area contributed by atoms with E-state index in [1.807, 2.05) is 12.1 Å². The number of sulfonamides is 1. The number of rotatable bonds is 7. The third kappa shape index (κ3) is 5.56. The van der Waals surface area contributed by atoms with E-state index in [0.29, 0.717) is 17.0 Å². The Morgan fingerprint density at radius 2 is 1.89 bits per heavy atom. The van der Waals surface area contributed by atoms with Crippen molar-refractivity contribution >= 4 is 43.8 Å². The van der Waals surface area contributed by atoms with E-state index in [4.69, 9.17) is 4.74 Å². The Balaban J connectivity index is 2.19. The van der Waals surface area contributed by atoms with E-state index in [9.17, 15) is 13.2 Å². The van der Waals surface area contributed by atoms with Gasteiger partial charge in [-0.3, -0.25) is 9.10 Å². The highest BCUT2D eigenvalue weighted by Crippen LogP contribution is 2.26. The Morgan fingerprint density at radius 3 is 2.46 bits per heavy atom. The maximum atomic E-state index is 12.3. The monoisotopic (exact) mass is 467 g/mol. The minimum atomic E-state index is -3.66. The minimum absolute atomic E-state index is 0.377. The molecule has 28 heavy (non-hydrogen) atoms. The Hall–Kier alpha value is -2.39. The van der Waals surface area contributed by atoms with Crippen LogP contribution in [0.1, 0.15) is 16.7 Å². The molecule has 2 aromatic carbocycles. The van der Waals surface area contributed by atoms with E-state index in [2.05, 4.69) is 26.5 Å². The topological polar surface area (TPSA) is 88.1 Å². The molecule has 0 aromatic heterocycles. The van der Waals surface area contributed by atoms with E-state index in [1.165, 1.54) is 13.3 Å². The van der Waals surface area contributed by atoms with Gasteiger partial charge in [-0.05, 0) is 43.2 Å². The zero-order chi connectivity index (χ0) is 20.9. The number of carbonyl (C=O) groups is 1. The second kappa shape index (κ2) is 9.20. The number of para-hydroxylation sites is 1. The zero-order valence-electron chi connectivity index (χ0n) is 16.1. The molecule has 0 saturated heterocycles. The number of hydrogen-bond acceptors (Lipinski definition) is 5. The van der Waals surface area contributed by atoms with Gasteiger partial charge in [0, 0.05) is 10.0 Å². The van der Waals surface area contributed by atoms with Crippen molar-refractivity contribution in [2.45, 2.75) is 13.8 Å². The second-order valence-corrected chi connectivity index (χ2v) is 9.01. The van der Waals surface area contributed by atoms with Gasteiger partial charge in [0.1, 0.15) is 12.3 Å². The van der Waals surface area contributed by atoms with E-state index >= 15 is 0 Å². The fourth-order valence-electron chi connectivity index (χ4n) is 2.71. The molecule has 7 nitrogen and oxygen atoms in total. The first kappa shape index (κ1) is 21.9. The van der Waals surface area contributed by atoms with Gasteiger partial charge in [-0.25, -0.2) is 13.8 Å². The molecule has 1 N–H and O–H groups in total. The van der Waals surface area contributed by atoms with E-state index < -0.39 is 15.9 Å². The summed E-state index contributed by atoms with van der Waals surface area (Å²) in [5.74, 6) is 0.0350. The Bertz CT molecular complexity index is 986. The van der Waals surface area contributed by atoms with Crippen molar-refractivity contribution in [1.82, 2.24) is 5.43 Å². The number of carbonyl (C=O) groups excluding carboxylic acids is 1. The highest BCUT2D eigenvalue weighted by Gasteiger charge is 2.23. The van der Waals surface area contributed by atoms with Crippen LogP contribution in [0.2, 0.25) is 0 Å². The molecule has 150 valence electrons. The average molecular weight is 468 g/mol. The van der Waals surface area contributed by atoms with Gasteiger partial charge < -0.3 is 4.74 Å². The van der Waals surface area contributed by atoms with Crippen molar-refractivity contribution in [3.05, 3.63) is 57.6 Å². The zero-order valence-corrected chi connectivity index (χ0v) is 18.5. The van der Waals surface area contributed by atoms with E-state index in [-0.39, 0.29) is 6.54 Å². The lowest BCUT2D eigenvalue weighted by molar-refractivity contribution is -0.119. The van der Waals surface area contributed by atoms with Crippen molar-refractivity contribution in [2.24, 2.45) is 5.10 Å². The molecule has 2 rings (SSSR count). The van der Waals surface area contributed by atoms with Gasteiger partial charge >= 0.3 is 0 Å². The summed E-state index contributed by atoms with van der Waals surface area (Å²) in [6.45, 7) is 3.23. The number of ether oxygens (including phenoxy) is 1. The molecule has 0 fully saturated rings. The SMILES string of the molecule is COc1ccc(Br)cc1/C=N\NC(=O)CN(c1c(C)cccc1C)S(C)(=O)=O. The molecular formula is C19H22BrN3O4S. The number of methoxy groups -OCH3 is 1. The Morgan fingerprint density at radius 1 is 1.25 bits per heavy atom. The van der Waals surface area contributed by atoms with Crippen molar-refractivity contribution in [2.75, 3.05) is 24.2 Å². The van der Waals surface area contributed by atoms with Crippen LogP contribution in [0.4, 0.5) is 5.69 Å². The molecule has 9 heteroatoms. The van der Waals surface area contributed by atoms with Gasteiger partial charge in [0.05, 0.1) is 25.3 Å². The number of aryl methyl sites for hydroxylation is 2. The number of nitrogens with zero attached hydrogens (tertiary/aromatic N) is 2. The maximum Gasteiger partial charge on any atom is 0.260 e. The molecule has 0 bridgehead atoms. The summed E-state index contributed by atoms with van der Waals surface area (Å²) in [6, 6.07) is 10.8. The van der Waals surface area contributed by atoms with Gasteiger partial charge in [0.2, 0.25) is 10.0 Å². The summed E-state index contributed by atoms with van der Waals surface area (Å²) in [6.07, 6.45) is 2.51. The van der Waals surface area contributed by atoms with Crippen molar-refractivity contribution < 1.29 is 17.9 Å². The molecule has 0 saturated carbocycles. The molecule has 0 spiro atoms. The largest absolute Gasteiger partial charge is 0.496 e. The first-order valence-electron chi connectivity index (χ1n) is 8.33. The summed E-state index contributed by atoms with van der Waals surface area (Å²) in [4.78, 5) is 12.3. The van der Waals surface area contributed by atoms with E-state index in [1.54, 1.807) is 38.1 Å². The summed E-state index contributed by atoms with van der Waals surface area (Å²) in [5.41, 5.74) is 5.05. The first-order valence-corrected chi connectivity index (χ1v) is 11.0. The van der Waals surface area contributed by atoms with Crippen molar-refractivity contribution in [3.8, 4) is 5.75 Å². The lowest BCUT2D eigenvalue weighted by atomic mass is 10.1. The third-order valence-corrected chi connectivity index (χ3v) is 5.57. The standard InChI is InChI=1S/C19H22BrN3O4S/c1-13-6-5-7-14(2)19(13)23(28(4,25)26)12-18(24)22-21-11-15-10-16(20)8-9-17(15)27-3/h5-11H,12H2,1-4H3,(H,22,24)/b21-11-. The van der Waals surface area contributed by atoms with Crippen LogP contribution in [0.5, 0.6) is 5.75 Å². The predicted molar refractivity (Wildman–Crippen MR) is 115 cm³/mol. The van der Waals surface area contributed by atoms with Crippen LogP contribution in [0.3, 0.4) is 0 Å². The van der Waals surface area contributed by atoms with Gasteiger partial charge in [-0.2, -0.15) is 5.10 Å². The number of hydrazone groups is 1. The number of benzene rings is 2. The van der Waals surface area contributed by atoms with Gasteiger partial charge in [-0.1, -0.05) is 34.1 Å². The van der Waals surface area contributed by atoms with Crippen LogP contribution >= 0.6 is 15.9 Å². The highest BCUT2D eigenvalue weighted by atomic mass is 79.9. The third-order valence-electron chi connectivity index (χ3n) is 3.96. The van der Waals surface area contributed by atoms with Crippen molar-refractivity contribution in [1.29, 1.82) is 0 Å². The Labute approximate surface area is 173 Å². The highest BCUT2D eigenvalue weighted by molar-refractivity contribution is 9.10. The average Bonchev–Trinajstić information content (AvgIpc) is 2.60. The summed E-state index contributed by atoms with van der Waals surface area (Å²) < 4.78 is 31.7. The van der Waals surface area contributed by atoms with Gasteiger partial charge in [-0.15, -0.1) is 0 Å². The lowest BCUT2D eigenvalue weighted by Crippen LogP contribution is -2.39. The molecule has 0 aliphatic rings. The first-order chi connectivity index (χ1) is 13.1. The predicted octanol–water partition coefficient (Wildman–Crippen LogP) is 2.99. The molecule has 0 heterocycles. The lowest BCUT2D eigenvalue weighted by Gasteiger charge is -2.25. The number of hydrogen-bond donors (Lipinski definition) is 1. The molecule has 0 radical (unpaired) electrons. The molecular weight excluding hydrogens is 446 g/mol. The number of nitrogens with one attached hydrogen (secondary N) is 1. The van der Waals surface area contributed by atoms with Gasteiger partial charge in [0.25, 0.3) is 5.91 Å². The molecule has 2 aromatic rings. The smallest absolute Gasteiger partial charge is 0.260 e. The number of amides is 1. The number of anilines is 1. The van der Waals surface area contributed by atoms with E-state index in [0.717, 1.165) is 26.2 Å². The van der Waals surface area contributed by atoms with Gasteiger partial charge in [0.15, 0.2) is 0 Å². The summed E-state index contributed by atoms with van der Waals surface area (Å²) in [7, 11) is -2.12. The fourth-order valence-corrected chi connectivity index (χ4v) is 4.06. The van der Waals surface area contributed by atoms with Crippen LogP contribution < -0.4 is 14.5 Å². The van der Waals surface area contributed by atoms with Crippen LogP contribution in [-0.2, 0) is 14.8 Å². The maximum absolute atomic E-state index is 12.3. The number of halogens is 1. The molecule has 0 atom stereocenters. The van der Waals surface area contributed by atoms with Crippen LogP contribution in [0.25, 0.3) is 0 Å². The Kier molecular flexibility index (Phi) is 7.20. The molecule has 0 unspecified atom stereocenters. The normalized spacial score (nSPS) is 11.5. The van der Waals surface area contributed by atoms with Crippen LogP contribution in [0.15, 0.2) is 46.0 Å². The van der Waals surface area contributed by atoms with Crippen molar-refractivity contribution in [3.63, 3.8) is 0 Å². The molecule has 1 amide bonds. The quantitative estimate of drug-likeness (QED) is 0.500. The molecule has 0 aliphatic heterocycles.